The first kappa shape index (κ1) is 24.8. The molecule has 176 valence electrons. The van der Waals surface area contributed by atoms with Crippen LogP contribution in [0.2, 0.25) is 0 Å². The Labute approximate surface area is 191 Å². The smallest absolute Gasteiger partial charge is 0.339 e. The first-order chi connectivity index (χ1) is 15.6. The molecule has 0 spiro atoms. The largest absolute Gasteiger partial charge is 0.383 e. The van der Waals surface area contributed by atoms with Crippen LogP contribution in [0.1, 0.15) is 5.56 Å². The first-order valence-electron chi connectivity index (χ1n) is 9.65. The van der Waals surface area contributed by atoms with Gasteiger partial charge < -0.3 is 8.92 Å². The second-order valence-corrected chi connectivity index (χ2v) is 10.4. The van der Waals surface area contributed by atoms with Crippen molar-refractivity contribution >= 4 is 20.1 Å². The average Bonchev–Trinajstić information content (AvgIpc) is 2.78. The van der Waals surface area contributed by atoms with E-state index in [1.54, 1.807) is 0 Å². The Morgan fingerprint density at radius 1 is 0.758 bits per heavy atom. The standard InChI is InChI=1S/C22H21F2NO6S2/c1-30-15-14-25(32(26,27)21-10-4-18(23)5-11-21)16-17-2-8-20(9-3-17)31-33(28,29)22-12-6-19(24)7-13-22/h2-13H,14-16H2,1H3. The van der Waals surface area contributed by atoms with Gasteiger partial charge in [0.25, 0.3) is 0 Å². The zero-order valence-electron chi connectivity index (χ0n) is 17.5. The summed E-state index contributed by atoms with van der Waals surface area (Å²) in [6.07, 6.45) is 0. The number of rotatable bonds is 10. The predicted molar refractivity (Wildman–Crippen MR) is 117 cm³/mol. The third kappa shape index (κ3) is 6.35. The molecule has 0 heterocycles. The molecule has 11 heteroatoms. The van der Waals surface area contributed by atoms with Crippen molar-refractivity contribution < 1.29 is 34.5 Å². The molecule has 0 atom stereocenters. The van der Waals surface area contributed by atoms with Crippen molar-refractivity contribution in [2.75, 3.05) is 20.3 Å². The van der Waals surface area contributed by atoms with Crippen LogP contribution in [-0.4, -0.2) is 41.4 Å². The number of hydrogen-bond donors (Lipinski definition) is 0. The van der Waals surface area contributed by atoms with Crippen molar-refractivity contribution in [3.05, 3.63) is 90.0 Å². The maximum atomic E-state index is 13.2. The van der Waals surface area contributed by atoms with Crippen molar-refractivity contribution in [1.82, 2.24) is 4.31 Å². The zero-order chi connectivity index (χ0) is 24.1. The van der Waals surface area contributed by atoms with Crippen LogP contribution in [-0.2, 0) is 31.4 Å². The molecule has 0 radical (unpaired) electrons. The molecule has 3 rings (SSSR count). The SMILES string of the molecule is COCCN(Cc1ccc(OS(=O)(=O)c2ccc(F)cc2)cc1)S(=O)(=O)c1ccc(F)cc1. The third-order valence-electron chi connectivity index (χ3n) is 4.59. The fourth-order valence-corrected chi connectivity index (χ4v) is 5.21. The Bertz CT molecular complexity index is 1280. The van der Waals surface area contributed by atoms with E-state index < -0.39 is 31.8 Å². The molecule has 0 fully saturated rings. The molecule has 0 aliphatic rings. The Hall–Kier alpha value is -2.86. The Morgan fingerprint density at radius 3 is 1.79 bits per heavy atom. The Morgan fingerprint density at radius 2 is 1.27 bits per heavy atom. The number of halogens is 2. The van der Waals surface area contributed by atoms with Crippen LogP contribution in [0.4, 0.5) is 8.78 Å². The molecule has 0 aromatic heterocycles. The van der Waals surface area contributed by atoms with Gasteiger partial charge in [-0.15, -0.1) is 0 Å². The summed E-state index contributed by atoms with van der Waals surface area (Å²) in [7, 11) is -6.66. The van der Waals surface area contributed by atoms with Gasteiger partial charge >= 0.3 is 10.1 Å². The van der Waals surface area contributed by atoms with Crippen LogP contribution in [0.3, 0.4) is 0 Å². The monoisotopic (exact) mass is 497 g/mol. The van der Waals surface area contributed by atoms with E-state index in [0.29, 0.717) is 5.56 Å². The molecule has 0 bridgehead atoms. The number of sulfonamides is 1. The summed E-state index contributed by atoms with van der Waals surface area (Å²) in [6.45, 7) is 0.152. The minimum atomic E-state index is -4.16. The maximum Gasteiger partial charge on any atom is 0.339 e. The lowest BCUT2D eigenvalue weighted by Gasteiger charge is -2.22. The average molecular weight is 498 g/mol. The van der Waals surface area contributed by atoms with Crippen LogP contribution < -0.4 is 4.18 Å². The van der Waals surface area contributed by atoms with Gasteiger partial charge in [0.1, 0.15) is 22.3 Å². The summed E-state index contributed by atoms with van der Waals surface area (Å²) in [6, 6.07) is 14.5. The fourth-order valence-electron chi connectivity index (χ4n) is 2.86. The normalized spacial score (nSPS) is 12.1. The van der Waals surface area contributed by atoms with E-state index >= 15 is 0 Å². The highest BCUT2D eigenvalue weighted by Gasteiger charge is 2.25. The number of hydrogen-bond acceptors (Lipinski definition) is 6. The predicted octanol–water partition coefficient (Wildman–Crippen LogP) is 3.57. The van der Waals surface area contributed by atoms with E-state index in [2.05, 4.69) is 0 Å². The highest BCUT2D eigenvalue weighted by Crippen LogP contribution is 2.22. The highest BCUT2D eigenvalue weighted by molar-refractivity contribution is 7.89. The van der Waals surface area contributed by atoms with E-state index in [4.69, 9.17) is 8.92 Å². The number of benzene rings is 3. The summed E-state index contributed by atoms with van der Waals surface area (Å²) in [5.41, 5.74) is 0.559. The Balaban J connectivity index is 1.77. The molecule has 3 aromatic carbocycles. The van der Waals surface area contributed by atoms with Gasteiger partial charge in [-0.2, -0.15) is 12.7 Å². The minimum Gasteiger partial charge on any atom is -0.383 e. The van der Waals surface area contributed by atoms with Gasteiger partial charge in [-0.3, -0.25) is 0 Å². The van der Waals surface area contributed by atoms with E-state index in [1.807, 2.05) is 0 Å². The molecule has 7 nitrogen and oxygen atoms in total. The minimum absolute atomic E-state index is 0.00732. The van der Waals surface area contributed by atoms with Gasteiger partial charge in [0.15, 0.2) is 0 Å². The summed E-state index contributed by atoms with van der Waals surface area (Å²) < 4.78 is 88.2. The topological polar surface area (TPSA) is 90.0 Å². The van der Waals surface area contributed by atoms with Crippen LogP contribution in [0.5, 0.6) is 5.75 Å². The number of ether oxygens (including phenoxy) is 1. The lowest BCUT2D eigenvalue weighted by atomic mass is 10.2. The molecule has 33 heavy (non-hydrogen) atoms. The molecule has 0 unspecified atom stereocenters. The lowest BCUT2D eigenvalue weighted by Crippen LogP contribution is -2.33. The summed E-state index contributed by atoms with van der Waals surface area (Å²) in [4.78, 5) is -0.269. The van der Waals surface area contributed by atoms with Gasteiger partial charge in [-0.1, -0.05) is 12.1 Å². The van der Waals surface area contributed by atoms with E-state index in [-0.39, 0.29) is 35.2 Å². The summed E-state index contributed by atoms with van der Waals surface area (Å²) >= 11 is 0. The first-order valence-corrected chi connectivity index (χ1v) is 12.5. The van der Waals surface area contributed by atoms with Crippen LogP contribution >= 0.6 is 0 Å². The van der Waals surface area contributed by atoms with Crippen molar-refractivity contribution in [1.29, 1.82) is 0 Å². The molecule has 0 saturated heterocycles. The van der Waals surface area contributed by atoms with Crippen LogP contribution in [0.15, 0.2) is 82.6 Å². The van der Waals surface area contributed by atoms with Crippen molar-refractivity contribution in [2.24, 2.45) is 0 Å². The van der Waals surface area contributed by atoms with Crippen molar-refractivity contribution in [2.45, 2.75) is 16.3 Å². The molecule has 0 aliphatic carbocycles. The Kier molecular flexibility index (Phi) is 7.80. The third-order valence-corrected chi connectivity index (χ3v) is 7.71. The molecule has 0 aliphatic heterocycles. The quantitative estimate of drug-likeness (QED) is 0.398. The highest BCUT2D eigenvalue weighted by atomic mass is 32.2. The lowest BCUT2D eigenvalue weighted by molar-refractivity contribution is 0.177. The van der Waals surface area contributed by atoms with E-state index in [9.17, 15) is 25.6 Å². The van der Waals surface area contributed by atoms with Gasteiger partial charge in [0.05, 0.1) is 11.5 Å². The summed E-state index contributed by atoms with van der Waals surface area (Å²) in [5, 5.41) is 0. The molecular weight excluding hydrogens is 476 g/mol. The molecule has 3 aromatic rings. The van der Waals surface area contributed by atoms with Crippen molar-refractivity contribution in [3.63, 3.8) is 0 Å². The molecule has 0 saturated carbocycles. The van der Waals surface area contributed by atoms with Gasteiger partial charge in [-0.05, 0) is 66.2 Å². The van der Waals surface area contributed by atoms with Gasteiger partial charge in [0, 0.05) is 20.2 Å². The second-order valence-electron chi connectivity index (χ2n) is 6.92. The second kappa shape index (κ2) is 10.4. The van der Waals surface area contributed by atoms with Crippen LogP contribution in [0.25, 0.3) is 0 Å². The maximum absolute atomic E-state index is 13.2. The molecule has 0 N–H and O–H groups in total. The van der Waals surface area contributed by atoms with Gasteiger partial charge in [-0.25, -0.2) is 17.2 Å². The summed E-state index contributed by atoms with van der Waals surface area (Å²) in [5.74, 6) is -1.12. The molecular formula is C22H21F2NO6S2. The van der Waals surface area contributed by atoms with Crippen molar-refractivity contribution in [3.8, 4) is 5.75 Å². The van der Waals surface area contributed by atoms with Crippen LogP contribution in [0, 0.1) is 11.6 Å². The fraction of sp³-hybridized carbons (Fsp3) is 0.182. The zero-order valence-corrected chi connectivity index (χ0v) is 19.2. The number of methoxy groups -OCH3 is 1. The van der Waals surface area contributed by atoms with E-state index in [1.165, 1.54) is 47.8 Å². The molecule has 0 amide bonds. The van der Waals surface area contributed by atoms with Gasteiger partial charge in [0.2, 0.25) is 10.0 Å². The number of nitrogens with zero attached hydrogens (tertiary/aromatic N) is 1. The van der Waals surface area contributed by atoms with E-state index in [0.717, 1.165) is 36.4 Å².